The number of hydrogen-bond acceptors (Lipinski definition) is 5. The largest absolute Gasteiger partial charge is 0.493 e. The number of unbranched alkanes of at least 4 members (excludes halogenated alkanes) is 1. The molecule has 0 aromatic heterocycles. The Kier molecular flexibility index (Phi) is 8.44. The molecular weight excluding hydrogens is 481 g/mol. The number of hydrogen-bond donors (Lipinski definition) is 0. The zero-order chi connectivity index (χ0) is 26.3. The van der Waals surface area contributed by atoms with Gasteiger partial charge < -0.3 is 19.3 Å². The van der Waals surface area contributed by atoms with Crippen molar-refractivity contribution in [3.63, 3.8) is 0 Å². The highest BCUT2D eigenvalue weighted by Gasteiger charge is 2.33. The van der Waals surface area contributed by atoms with E-state index in [1.54, 1.807) is 0 Å². The molecule has 1 atom stereocenters. The van der Waals surface area contributed by atoms with Crippen LogP contribution < -0.4 is 19.3 Å². The van der Waals surface area contributed by atoms with E-state index in [0.29, 0.717) is 19.6 Å². The van der Waals surface area contributed by atoms with Crippen molar-refractivity contribution in [2.45, 2.75) is 32.3 Å². The molecule has 1 fully saturated rings. The minimum Gasteiger partial charge on any atom is -0.493 e. The lowest BCUT2D eigenvalue weighted by atomic mass is 10.1. The molecule has 0 bridgehead atoms. The molecule has 3 aromatic carbocycles. The van der Waals surface area contributed by atoms with Crippen LogP contribution in [0.25, 0.3) is 0 Å². The summed E-state index contributed by atoms with van der Waals surface area (Å²) in [6.07, 6.45) is 1.89. The summed E-state index contributed by atoms with van der Waals surface area (Å²) in [6.45, 7) is 7.98. The van der Waals surface area contributed by atoms with E-state index in [9.17, 15) is 9.18 Å². The number of aryl methyl sites for hydroxylation is 1. The van der Waals surface area contributed by atoms with Crippen LogP contribution in [0.15, 0.2) is 72.8 Å². The Hall–Kier alpha value is -3.58. The number of piperazine rings is 1. The maximum atomic E-state index is 13.4. The molecule has 1 unspecified atom stereocenters. The number of anilines is 2. The van der Waals surface area contributed by atoms with Gasteiger partial charge in [-0.1, -0.05) is 29.8 Å². The van der Waals surface area contributed by atoms with E-state index in [1.165, 1.54) is 17.7 Å². The fourth-order valence-corrected chi connectivity index (χ4v) is 5.09. The number of ether oxygens (including phenoxy) is 2. The Bertz CT molecular complexity index is 1190. The fraction of sp³-hybridized carbons (Fsp3) is 0.387. The summed E-state index contributed by atoms with van der Waals surface area (Å²) in [7, 11) is 0. The Morgan fingerprint density at radius 1 is 0.895 bits per heavy atom. The molecule has 200 valence electrons. The Morgan fingerprint density at radius 3 is 2.37 bits per heavy atom. The molecule has 3 aromatic rings. The van der Waals surface area contributed by atoms with Gasteiger partial charge in [0.15, 0.2) is 6.10 Å². The van der Waals surface area contributed by atoms with Gasteiger partial charge in [-0.05, 0) is 74.8 Å². The second kappa shape index (κ2) is 12.3. The van der Waals surface area contributed by atoms with E-state index < -0.39 is 6.10 Å². The monoisotopic (exact) mass is 517 g/mol. The van der Waals surface area contributed by atoms with E-state index in [-0.39, 0.29) is 11.7 Å². The van der Waals surface area contributed by atoms with Crippen molar-refractivity contribution < 1.29 is 18.7 Å². The number of rotatable bonds is 10. The summed E-state index contributed by atoms with van der Waals surface area (Å²) < 4.78 is 25.2. The van der Waals surface area contributed by atoms with Crippen LogP contribution in [0.5, 0.6) is 11.5 Å². The van der Waals surface area contributed by atoms with Crippen molar-refractivity contribution in [2.75, 3.05) is 55.7 Å². The Labute approximate surface area is 224 Å². The Balaban J connectivity index is 1.09. The normalized spacial score (nSPS) is 17.7. The molecule has 6 nitrogen and oxygen atoms in total. The molecule has 0 aliphatic carbocycles. The summed E-state index contributed by atoms with van der Waals surface area (Å²) in [5.41, 5.74) is 3.11. The van der Waals surface area contributed by atoms with Crippen LogP contribution >= 0.6 is 0 Å². The molecule has 5 rings (SSSR count). The Morgan fingerprint density at radius 2 is 1.61 bits per heavy atom. The number of benzene rings is 3. The number of nitrogens with zero attached hydrogens (tertiary/aromatic N) is 3. The lowest BCUT2D eigenvalue weighted by Gasteiger charge is -2.36. The van der Waals surface area contributed by atoms with Crippen LogP contribution in [0.3, 0.4) is 0 Å². The summed E-state index contributed by atoms with van der Waals surface area (Å²) in [5.74, 6) is 1.36. The van der Waals surface area contributed by atoms with Crippen LogP contribution in [0.2, 0.25) is 0 Å². The molecule has 2 aliphatic rings. The van der Waals surface area contributed by atoms with Crippen molar-refractivity contribution in [3.05, 3.63) is 84.2 Å². The van der Waals surface area contributed by atoms with Gasteiger partial charge in [0.1, 0.15) is 17.3 Å². The van der Waals surface area contributed by atoms with Crippen LogP contribution in [0.1, 0.15) is 24.8 Å². The molecule has 0 spiro atoms. The van der Waals surface area contributed by atoms with E-state index in [1.807, 2.05) is 72.5 Å². The zero-order valence-electron chi connectivity index (χ0n) is 22.0. The highest BCUT2D eigenvalue weighted by Crippen LogP contribution is 2.34. The van der Waals surface area contributed by atoms with E-state index in [2.05, 4.69) is 9.80 Å². The molecule has 7 heteroatoms. The standard InChI is InChI=1S/C31H36FN3O3/c1-24-8-14-27(15-9-24)37-23-16-30-31(36)35(28-6-2-3-7-29(28)38-30)18-5-4-17-33-19-21-34(22-20-33)26-12-10-25(32)11-13-26/h2-3,6-15,30H,4-5,16-23H2,1H3. The van der Waals surface area contributed by atoms with E-state index in [0.717, 1.165) is 68.4 Å². The number of carbonyl (C=O) groups is 1. The predicted molar refractivity (Wildman–Crippen MR) is 149 cm³/mol. The SMILES string of the molecule is Cc1ccc(OCCC2Oc3ccccc3N(CCCCN3CCN(c4ccc(F)cc4)CC3)C2=O)cc1. The maximum Gasteiger partial charge on any atom is 0.268 e. The molecule has 2 aliphatic heterocycles. The van der Waals surface area contributed by atoms with Gasteiger partial charge in [0.05, 0.1) is 12.3 Å². The number of fused-ring (bicyclic) bond motifs is 1. The summed E-state index contributed by atoms with van der Waals surface area (Å²) >= 11 is 0. The summed E-state index contributed by atoms with van der Waals surface area (Å²) in [6, 6.07) is 22.5. The first kappa shape index (κ1) is 26.0. The van der Waals surface area contributed by atoms with Gasteiger partial charge in [0, 0.05) is 44.8 Å². The molecule has 0 saturated carbocycles. The highest BCUT2D eigenvalue weighted by molar-refractivity contribution is 6.00. The summed E-state index contributed by atoms with van der Waals surface area (Å²) in [4.78, 5) is 20.0. The molecule has 2 heterocycles. The minimum atomic E-state index is -0.546. The lowest BCUT2D eigenvalue weighted by molar-refractivity contribution is -0.126. The molecule has 0 N–H and O–H groups in total. The van der Waals surface area contributed by atoms with Crippen molar-refractivity contribution in [1.29, 1.82) is 0 Å². The zero-order valence-corrected chi connectivity index (χ0v) is 22.0. The number of carbonyl (C=O) groups excluding carboxylic acids is 1. The second-order valence-electron chi connectivity index (χ2n) is 10.0. The first-order chi connectivity index (χ1) is 18.6. The minimum absolute atomic E-state index is 0.00381. The van der Waals surface area contributed by atoms with Crippen molar-refractivity contribution >= 4 is 17.3 Å². The van der Waals surface area contributed by atoms with E-state index >= 15 is 0 Å². The highest BCUT2D eigenvalue weighted by atomic mass is 19.1. The van der Waals surface area contributed by atoms with Gasteiger partial charge in [-0.15, -0.1) is 0 Å². The molecular formula is C31H36FN3O3. The number of halogens is 1. The van der Waals surface area contributed by atoms with Gasteiger partial charge in [0.2, 0.25) is 0 Å². The summed E-state index contributed by atoms with van der Waals surface area (Å²) in [5, 5.41) is 0. The second-order valence-corrected chi connectivity index (χ2v) is 10.0. The van der Waals surface area contributed by atoms with Crippen LogP contribution in [0.4, 0.5) is 15.8 Å². The van der Waals surface area contributed by atoms with E-state index in [4.69, 9.17) is 9.47 Å². The van der Waals surface area contributed by atoms with Gasteiger partial charge in [-0.2, -0.15) is 0 Å². The van der Waals surface area contributed by atoms with Gasteiger partial charge in [-0.25, -0.2) is 4.39 Å². The first-order valence-corrected chi connectivity index (χ1v) is 13.6. The van der Waals surface area contributed by atoms with Crippen LogP contribution in [0, 0.1) is 12.7 Å². The molecule has 0 radical (unpaired) electrons. The average molecular weight is 518 g/mol. The van der Waals surface area contributed by atoms with Gasteiger partial charge in [-0.3, -0.25) is 9.69 Å². The van der Waals surface area contributed by atoms with Crippen molar-refractivity contribution in [1.82, 2.24) is 4.90 Å². The topological polar surface area (TPSA) is 45.3 Å². The molecule has 38 heavy (non-hydrogen) atoms. The van der Waals surface area contributed by atoms with Crippen LogP contribution in [-0.4, -0.2) is 62.8 Å². The lowest BCUT2D eigenvalue weighted by Crippen LogP contribution is -2.47. The average Bonchev–Trinajstić information content (AvgIpc) is 2.94. The van der Waals surface area contributed by atoms with Gasteiger partial charge in [0.25, 0.3) is 5.91 Å². The van der Waals surface area contributed by atoms with Crippen LogP contribution in [-0.2, 0) is 4.79 Å². The van der Waals surface area contributed by atoms with Crippen molar-refractivity contribution in [3.8, 4) is 11.5 Å². The third-order valence-electron chi connectivity index (χ3n) is 7.31. The maximum absolute atomic E-state index is 13.4. The third-order valence-corrected chi connectivity index (χ3v) is 7.31. The van der Waals surface area contributed by atoms with Crippen molar-refractivity contribution in [2.24, 2.45) is 0 Å². The quantitative estimate of drug-likeness (QED) is 0.342. The molecule has 1 amide bonds. The molecule has 1 saturated heterocycles. The third kappa shape index (κ3) is 6.45. The number of para-hydroxylation sites is 2. The predicted octanol–water partition coefficient (Wildman–Crippen LogP) is 5.30. The fourth-order valence-electron chi connectivity index (χ4n) is 5.09. The first-order valence-electron chi connectivity index (χ1n) is 13.6. The number of amides is 1. The van der Waals surface area contributed by atoms with Gasteiger partial charge >= 0.3 is 0 Å². The smallest absolute Gasteiger partial charge is 0.268 e.